The topological polar surface area (TPSA) is 38.7 Å². The number of aromatic nitrogens is 3. The first-order valence-corrected chi connectivity index (χ1v) is 21.0. The van der Waals surface area contributed by atoms with Gasteiger partial charge in [0.25, 0.3) is 0 Å². The Balaban J connectivity index is 1.09. The van der Waals surface area contributed by atoms with Gasteiger partial charge < -0.3 is 0 Å². The van der Waals surface area contributed by atoms with Gasteiger partial charge in [0.2, 0.25) is 0 Å². The highest BCUT2D eigenvalue weighted by molar-refractivity contribution is 6.37. The monoisotopic (exact) mass is 773 g/mol. The van der Waals surface area contributed by atoms with Gasteiger partial charge in [0, 0.05) is 16.7 Å². The highest BCUT2D eigenvalue weighted by Crippen LogP contribution is 2.44. The maximum atomic E-state index is 5.37. The van der Waals surface area contributed by atoms with E-state index in [0.717, 1.165) is 39.6 Å². The fourth-order valence-corrected chi connectivity index (χ4v) is 9.97. The first-order valence-electron chi connectivity index (χ1n) is 21.0. The SMILES string of the molecule is C1=C(c2cccc(-c3nc(-c4cccc(-c5ccccc5)c4)nc(-c4cc5ccc6cccc7c8cccc9ccc%10cccc(c(c4)c5c67)c%10c98)n3)c2)Cc2ccccc21. The first kappa shape index (κ1) is 33.9. The molecule has 0 atom stereocenters. The summed E-state index contributed by atoms with van der Waals surface area (Å²) in [6, 6.07) is 70.3. The van der Waals surface area contributed by atoms with Gasteiger partial charge in [-0.1, -0.05) is 176 Å². The predicted octanol–water partition coefficient (Wildman–Crippen LogP) is 15.0. The Labute approximate surface area is 352 Å². The minimum atomic E-state index is 0.639. The Bertz CT molecular complexity index is 3780. The lowest BCUT2D eigenvalue weighted by Crippen LogP contribution is -2.01. The van der Waals surface area contributed by atoms with Crippen molar-refractivity contribution in [1.82, 2.24) is 15.0 Å². The molecule has 0 radical (unpaired) electrons. The highest BCUT2D eigenvalue weighted by Gasteiger charge is 2.20. The lowest BCUT2D eigenvalue weighted by molar-refractivity contribution is 1.07. The molecular formula is C58H35N3. The molecule has 3 nitrogen and oxygen atoms in total. The van der Waals surface area contributed by atoms with Crippen LogP contribution in [-0.2, 0) is 6.42 Å². The van der Waals surface area contributed by atoms with Crippen LogP contribution in [0.3, 0.4) is 0 Å². The van der Waals surface area contributed by atoms with Gasteiger partial charge in [-0.2, -0.15) is 0 Å². The van der Waals surface area contributed by atoms with Gasteiger partial charge in [-0.05, 0) is 129 Å². The number of nitrogens with zero attached hydrogens (tertiary/aromatic N) is 3. The van der Waals surface area contributed by atoms with Gasteiger partial charge in [-0.3, -0.25) is 0 Å². The summed E-state index contributed by atoms with van der Waals surface area (Å²) in [4.78, 5) is 16.0. The van der Waals surface area contributed by atoms with Crippen LogP contribution in [0.5, 0.6) is 0 Å². The van der Waals surface area contributed by atoms with Crippen LogP contribution < -0.4 is 0 Å². The Morgan fingerprint density at radius 1 is 0.295 bits per heavy atom. The first-order chi connectivity index (χ1) is 30.2. The molecule has 13 rings (SSSR count). The number of fused-ring (bicyclic) bond motifs is 3. The maximum absolute atomic E-state index is 5.37. The van der Waals surface area contributed by atoms with Crippen LogP contribution in [0.2, 0.25) is 0 Å². The van der Waals surface area contributed by atoms with E-state index in [0.29, 0.717) is 17.5 Å². The van der Waals surface area contributed by atoms with Crippen molar-refractivity contribution < 1.29 is 0 Å². The van der Waals surface area contributed by atoms with E-state index in [2.05, 4.69) is 200 Å². The van der Waals surface area contributed by atoms with Crippen LogP contribution >= 0.6 is 0 Å². The molecule has 61 heavy (non-hydrogen) atoms. The Morgan fingerprint density at radius 2 is 0.770 bits per heavy atom. The second-order valence-corrected chi connectivity index (χ2v) is 16.3. The molecule has 3 heteroatoms. The summed E-state index contributed by atoms with van der Waals surface area (Å²) < 4.78 is 0. The standard InChI is InChI=1S/C58H35N3/c1-2-11-35(12-3-1)39-18-6-20-44(29-39)56-59-57(45-21-7-19-42(30-45)46-31-40-13-4-5-14-41(40)32-46)61-58(60-56)47-33-43-28-27-38-16-9-23-49-48-22-8-15-36-25-26-37-17-10-24-50(54(37)52(36)48)51(34-47)55(43)53(38)49/h1-31,33-34H,32H2. The van der Waals surface area contributed by atoms with Crippen LogP contribution in [0.4, 0.5) is 0 Å². The van der Waals surface area contributed by atoms with Gasteiger partial charge in [-0.25, -0.2) is 15.0 Å². The van der Waals surface area contributed by atoms with Crippen molar-refractivity contribution in [2.45, 2.75) is 6.42 Å². The number of benzene rings is 10. The van der Waals surface area contributed by atoms with Crippen LogP contribution in [0.15, 0.2) is 194 Å². The fourth-order valence-electron chi connectivity index (χ4n) is 9.97. The lowest BCUT2D eigenvalue weighted by Gasteiger charge is -2.17. The van der Waals surface area contributed by atoms with Gasteiger partial charge in [-0.15, -0.1) is 0 Å². The predicted molar refractivity (Wildman–Crippen MR) is 256 cm³/mol. The molecule has 1 aliphatic carbocycles. The quantitative estimate of drug-likeness (QED) is 0.164. The largest absolute Gasteiger partial charge is 0.208 e. The van der Waals surface area contributed by atoms with E-state index in [9.17, 15) is 0 Å². The van der Waals surface area contributed by atoms with E-state index < -0.39 is 0 Å². The molecule has 1 aliphatic rings. The zero-order valence-corrected chi connectivity index (χ0v) is 33.1. The van der Waals surface area contributed by atoms with Gasteiger partial charge in [0.05, 0.1) is 0 Å². The molecule has 1 heterocycles. The molecule has 0 spiro atoms. The third kappa shape index (κ3) is 5.41. The molecule has 0 N–H and O–H groups in total. The van der Waals surface area contributed by atoms with Crippen molar-refractivity contribution in [2.75, 3.05) is 0 Å². The average Bonchev–Trinajstić information content (AvgIpc) is 3.77. The summed E-state index contributed by atoms with van der Waals surface area (Å²) in [5.41, 5.74) is 10.2. The lowest BCUT2D eigenvalue weighted by atomic mass is 9.87. The van der Waals surface area contributed by atoms with E-state index in [1.54, 1.807) is 0 Å². The van der Waals surface area contributed by atoms with Gasteiger partial charge >= 0.3 is 0 Å². The molecule has 0 unspecified atom stereocenters. The van der Waals surface area contributed by atoms with Crippen LogP contribution in [0.25, 0.3) is 122 Å². The van der Waals surface area contributed by atoms with Crippen molar-refractivity contribution in [3.8, 4) is 45.3 Å². The smallest absolute Gasteiger partial charge is 0.164 e. The summed E-state index contributed by atoms with van der Waals surface area (Å²) in [5.74, 6) is 1.93. The number of rotatable bonds is 5. The summed E-state index contributed by atoms with van der Waals surface area (Å²) in [7, 11) is 0. The molecule has 0 amide bonds. The zero-order valence-electron chi connectivity index (χ0n) is 33.1. The van der Waals surface area contributed by atoms with Crippen molar-refractivity contribution >= 4 is 76.3 Å². The second-order valence-electron chi connectivity index (χ2n) is 16.3. The fraction of sp³-hybridized carbons (Fsp3) is 0.0172. The normalized spacial score (nSPS) is 12.6. The minimum absolute atomic E-state index is 0.639. The van der Waals surface area contributed by atoms with Crippen molar-refractivity contribution in [3.05, 3.63) is 211 Å². The molecule has 0 saturated carbocycles. The Hall–Kier alpha value is -8.01. The van der Waals surface area contributed by atoms with Crippen molar-refractivity contribution in [2.24, 2.45) is 0 Å². The summed E-state index contributed by atoms with van der Waals surface area (Å²) >= 11 is 0. The van der Waals surface area contributed by atoms with Crippen molar-refractivity contribution in [3.63, 3.8) is 0 Å². The number of hydrogen-bond acceptors (Lipinski definition) is 3. The summed E-state index contributed by atoms with van der Waals surface area (Å²) in [5, 5.41) is 14.9. The molecule has 1 aromatic heterocycles. The molecular weight excluding hydrogens is 739 g/mol. The van der Waals surface area contributed by atoms with Gasteiger partial charge in [0.1, 0.15) is 0 Å². The molecule has 0 fully saturated rings. The van der Waals surface area contributed by atoms with E-state index in [1.807, 2.05) is 0 Å². The van der Waals surface area contributed by atoms with E-state index in [1.165, 1.54) is 81.5 Å². The molecule has 0 bridgehead atoms. The second kappa shape index (κ2) is 13.3. The number of hydrogen-bond donors (Lipinski definition) is 0. The third-order valence-electron chi connectivity index (χ3n) is 12.8. The van der Waals surface area contributed by atoms with E-state index in [4.69, 9.17) is 15.0 Å². The van der Waals surface area contributed by atoms with Gasteiger partial charge in [0.15, 0.2) is 17.5 Å². The third-order valence-corrected chi connectivity index (χ3v) is 12.8. The summed E-state index contributed by atoms with van der Waals surface area (Å²) in [6.07, 6.45) is 3.22. The zero-order chi connectivity index (χ0) is 40.0. The molecule has 0 aliphatic heterocycles. The molecule has 282 valence electrons. The van der Waals surface area contributed by atoms with Crippen molar-refractivity contribution in [1.29, 1.82) is 0 Å². The average molecular weight is 774 g/mol. The maximum Gasteiger partial charge on any atom is 0.164 e. The minimum Gasteiger partial charge on any atom is -0.208 e. The molecule has 11 aromatic carbocycles. The van der Waals surface area contributed by atoms with Crippen LogP contribution in [0.1, 0.15) is 16.7 Å². The van der Waals surface area contributed by atoms with Crippen LogP contribution in [0, 0.1) is 0 Å². The summed E-state index contributed by atoms with van der Waals surface area (Å²) in [6.45, 7) is 0. The van der Waals surface area contributed by atoms with E-state index >= 15 is 0 Å². The molecule has 12 aromatic rings. The van der Waals surface area contributed by atoms with E-state index in [-0.39, 0.29) is 0 Å². The number of allylic oxidation sites excluding steroid dienone is 1. The molecule has 0 saturated heterocycles. The Kier molecular flexibility index (Phi) is 7.37. The Morgan fingerprint density at radius 3 is 1.41 bits per heavy atom. The van der Waals surface area contributed by atoms with Crippen LogP contribution in [-0.4, -0.2) is 15.0 Å². The highest BCUT2D eigenvalue weighted by atomic mass is 15.0.